The molecule has 0 fully saturated rings. The van der Waals surface area contributed by atoms with Crippen LogP contribution in [0.1, 0.15) is 17.5 Å². The molecule has 0 unspecified atom stereocenters. The summed E-state index contributed by atoms with van der Waals surface area (Å²) in [5, 5.41) is 0. The predicted octanol–water partition coefficient (Wildman–Crippen LogP) is 3.15. The van der Waals surface area contributed by atoms with Gasteiger partial charge in [0.15, 0.2) is 0 Å². The number of hydrogen-bond donors (Lipinski definition) is 0. The van der Waals surface area contributed by atoms with E-state index in [1.165, 1.54) is 11.3 Å². The summed E-state index contributed by atoms with van der Waals surface area (Å²) >= 11 is 0. The van der Waals surface area contributed by atoms with E-state index >= 15 is 0 Å². The van der Waals surface area contributed by atoms with Crippen LogP contribution in [-0.4, -0.2) is 28.1 Å². The summed E-state index contributed by atoms with van der Waals surface area (Å²) in [6, 6.07) is 15.0. The Labute approximate surface area is 137 Å². The third-order valence-corrected chi connectivity index (χ3v) is 5.44. The molecule has 2 aromatic carbocycles. The number of anilines is 1. The van der Waals surface area contributed by atoms with E-state index in [4.69, 9.17) is 4.18 Å². The highest BCUT2D eigenvalue weighted by molar-refractivity contribution is 7.86. The molecule has 23 heavy (non-hydrogen) atoms. The first-order valence-electron chi connectivity index (χ1n) is 7.85. The van der Waals surface area contributed by atoms with Crippen molar-refractivity contribution < 1.29 is 12.6 Å². The number of para-hydroxylation sites is 1. The van der Waals surface area contributed by atoms with Crippen LogP contribution in [0.25, 0.3) is 0 Å². The van der Waals surface area contributed by atoms with Gasteiger partial charge in [-0.1, -0.05) is 35.9 Å². The van der Waals surface area contributed by atoms with Crippen molar-refractivity contribution in [1.29, 1.82) is 0 Å². The van der Waals surface area contributed by atoms with Crippen LogP contribution >= 0.6 is 0 Å². The topological polar surface area (TPSA) is 46.6 Å². The van der Waals surface area contributed by atoms with Gasteiger partial charge in [0.05, 0.1) is 11.5 Å². The molecule has 0 saturated carbocycles. The quantitative estimate of drug-likeness (QED) is 0.790. The van der Waals surface area contributed by atoms with E-state index in [-0.39, 0.29) is 11.5 Å². The average Bonchev–Trinajstić information content (AvgIpc) is 2.55. The van der Waals surface area contributed by atoms with E-state index in [1.807, 2.05) is 19.1 Å². The summed E-state index contributed by atoms with van der Waals surface area (Å²) in [4.78, 5) is 2.41. The van der Waals surface area contributed by atoms with Gasteiger partial charge in [-0.25, -0.2) is 0 Å². The zero-order chi connectivity index (χ0) is 16.3. The van der Waals surface area contributed by atoms with Crippen molar-refractivity contribution in [1.82, 2.24) is 0 Å². The minimum Gasteiger partial charge on any atom is -0.369 e. The van der Waals surface area contributed by atoms with Gasteiger partial charge in [-0.15, -0.1) is 0 Å². The maximum absolute atomic E-state index is 12.2. The smallest absolute Gasteiger partial charge is 0.297 e. The molecule has 5 heteroatoms. The minimum absolute atomic E-state index is 0.157. The standard InChI is InChI=1S/C18H21NO3S/c1-15-8-10-17(11-9-15)23(20,21)22-14-13-19-12-4-6-16-5-2-3-7-18(16)19/h2-3,5,7-11H,4,6,12-14H2,1H3. The van der Waals surface area contributed by atoms with Gasteiger partial charge in [0.2, 0.25) is 0 Å². The summed E-state index contributed by atoms with van der Waals surface area (Å²) in [5.41, 5.74) is 3.53. The Morgan fingerprint density at radius 1 is 1.09 bits per heavy atom. The zero-order valence-electron chi connectivity index (χ0n) is 13.2. The largest absolute Gasteiger partial charge is 0.369 e. The van der Waals surface area contributed by atoms with E-state index in [2.05, 4.69) is 17.0 Å². The van der Waals surface area contributed by atoms with Crippen molar-refractivity contribution in [2.75, 3.05) is 24.6 Å². The first-order chi connectivity index (χ1) is 11.1. The molecule has 0 N–H and O–H groups in total. The number of rotatable bonds is 5. The first kappa shape index (κ1) is 16.0. The van der Waals surface area contributed by atoms with Crippen molar-refractivity contribution >= 4 is 15.8 Å². The van der Waals surface area contributed by atoms with Gasteiger partial charge in [-0.3, -0.25) is 4.18 Å². The molecule has 1 heterocycles. The van der Waals surface area contributed by atoms with Crippen molar-refractivity contribution in [2.45, 2.75) is 24.7 Å². The van der Waals surface area contributed by atoms with Crippen LogP contribution in [0.2, 0.25) is 0 Å². The maximum Gasteiger partial charge on any atom is 0.297 e. The summed E-state index contributed by atoms with van der Waals surface area (Å²) in [7, 11) is -3.68. The second kappa shape index (κ2) is 6.72. The van der Waals surface area contributed by atoms with Gasteiger partial charge < -0.3 is 4.90 Å². The van der Waals surface area contributed by atoms with Crippen LogP contribution in [0, 0.1) is 6.92 Å². The Hall–Kier alpha value is -1.85. The second-order valence-electron chi connectivity index (χ2n) is 5.81. The maximum atomic E-state index is 12.2. The molecule has 0 saturated heterocycles. The van der Waals surface area contributed by atoms with Crippen molar-refractivity contribution in [3.05, 3.63) is 59.7 Å². The lowest BCUT2D eigenvalue weighted by atomic mass is 10.0. The van der Waals surface area contributed by atoms with Crippen LogP contribution < -0.4 is 4.90 Å². The molecule has 0 aliphatic carbocycles. The molecule has 2 aromatic rings. The molecule has 0 radical (unpaired) electrons. The highest BCUT2D eigenvalue weighted by Crippen LogP contribution is 2.26. The molecule has 0 aromatic heterocycles. The van der Waals surface area contributed by atoms with Gasteiger partial charge in [-0.05, 0) is 43.5 Å². The normalized spacial score (nSPS) is 14.6. The molecule has 0 bridgehead atoms. The van der Waals surface area contributed by atoms with E-state index in [0.717, 1.165) is 24.9 Å². The fourth-order valence-corrected chi connectivity index (χ4v) is 3.77. The molecule has 0 spiro atoms. The van der Waals surface area contributed by atoms with E-state index in [9.17, 15) is 8.42 Å². The number of hydrogen-bond acceptors (Lipinski definition) is 4. The SMILES string of the molecule is Cc1ccc(S(=O)(=O)OCCN2CCCc3ccccc32)cc1. The van der Waals surface area contributed by atoms with Crippen molar-refractivity contribution in [2.24, 2.45) is 0 Å². The molecule has 3 rings (SSSR count). The van der Waals surface area contributed by atoms with E-state index < -0.39 is 10.1 Å². The van der Waals surface area contributed by atoms with Crippen LogP contribution in [0.3, 0.4) is 0 Å². The monoisotopic (exact) mass is 331 g/mol. The van der Waals surface area contributed by atoms with Crippen molar-refractivity contribution in [3.63, 3.8) is 0 Å². The number of aryl methyl sites for hydroxylation is 2. The van der Waals surface area contributed by atoms with Crippen molar-refractivity contribution in [3.8, 4) is 0 Å². The van der Waals surface area contributed by atoms with Crippen LogP contribution in [0.15, 0.2) is 53.4 Å². The van der Waals surface area contributed by atoms with E-state index in [0.29, 0.717) is 6.54 Å². The van der Waals surface area contributed by atoms with Gasteiger partial charge in [0, 0.05) is 18.8 Å². The highest BCUT2D eigenvalue weighted by Gasteiger charge is 2.18. The molecule has 122 valence electrons. The Morgan fingerprint density at radius 2 is 1.83 bits per heavy atom. The van der Waals surface area contributed by atoms with Gasteiger partial charge in [-0.2, -0.15) is 8.42 Å². The zero-order valence-corrected chi connectivity index (χ0v) is 14.1. The van der Waals surface area contributed by atoms with Crippen LogP contribution in [0.4, 0.5) is 5.69 Å². The van der Waals surface area contributed by atoms with Crippen LogP contribution in [-0.2, 0) is 20.7 Å². The summed E-state index contributed by atoms with van der Waals surface area (Å²) < 4.78 is 29.6. The molecule has 4 nitrogen and oxygen atoms in total. The second-order valence-corrected chi connectivity index (χ2v) is 7.42. The van der Waals surface area contributed by atoms with Gasteiger partial charge in [0.25, 0.3) is 10.1 Å². The summed E-state index contributed by atoms with van der Waals surface area (Å²) in [5.74, 6) is 0. The number of fused-ring (bicyclic) bond motifs is 1. The Morgan fingerprint density at radius 3 is 2.61 bits per heavy atom. The molecular formula is C18H21NO3S. The predicted molar refractivity (Wildman–Crippen MR) is 91.3 cm³/mol. The third kappa shape index (κ3) is 3.74. The lowest BCUT2D eigenvalue weighted by Crippen LogP contribution is -2.32. The molecule has 1 aliphatic heterocycles. The minimum atomic E-state index is -3.68. The fraction of sp³-hybridized carbons (Fsp3) is 0.333. The number of benzene rings is 2. The number of nitrogens with zero attached hydrogens (tertiary/aromatic N) is 1. The van der Waals surface area contributed by atoms with Crippen LogP contribution in [0.5, 0.6) is 0 Å². The molecule has 0 amide bonds. The van der Waals surface area contributed by atoms with E-state index in [1.54, 1.807) is 24.3 Å². The lowest BCUT2D eigenvalue weighted by Gasteiger charge is -2.31. The Balaban J connectivity index is 1.63. The van der Waals surface area contributed by atoms with Gasteiger partial charge in [0.1, 0.15) is 0 Å². The third-order valence-electron chi connectivity index (χ3n) is 4.12. The highest BCUT2D eigenvalue weighted by atomic mass is 32.2. The Kier molecular flexibility index (Phi) is 4.68. The molecule has 0 atom stereocenters. The van der Waals surface area contributed by atoms with Gasteiger partial charge >= 0.3 is 0 Å². The fourth-order valence-electron chi connectivity index (χ4n) is 2.87. The summed E-state index contributed by atoms with van der Waals surface area (Å²) in [6.07, 6.45) is 2.16. The summed E-state index contributed by atoms with van der Waals surface area (Å²) in [6.45, 7) is 3.59. The first-order valence-corrected chi connectivity index (χ1v) is 9.26. The molecular weight excluding hydrogens is 310 g/mol. The lowest BCUT2D eigenvalue weighted by molar-refractivity contribution is 0.322. The molecule has 1 aliphatic rings. The Bertz CT molecular complexity index is 769. The average molecular weight is 331 g/mol.